The van der Waals surface area contributed by atoms with E-state index in [2.05, 4.69) is 96.2 Å². The van der Waals surface area contributed by atoms with Crippen molar-refractivity contribution >= 4 is 5.97 Å². The second kappa shape index (κ2) is 12.1. The fourth-order valence-corrected chi connectivity index (χ4v) is 5.59. The second-order valence-electron chi connectivity index (χ2n) is 12.5. The van der Waals surface area contributed by atoms with E-state index in [9.17, 15) is 4.79 Å². The largest absolute Gasteiger partial charge is 0.373 e. The highest BCUT2D eigenvalue weighted by molar-refractivity contribution is 5.90. The first kappa shape index (κ1) is 29.0. The Morgan fingerprint density at radius 1 is 0.872 bits per heavy atom. The summed E-state index contributed by atoms with van der Waals surface area (Å²) in [5.41, 5.74) is 9.69. The summed E-state index contributed by atoms with van der Waals surface area (Å²) in [5.74, 6) is -0.457. The highest BCUT2D eigenvalue weighted by atomic mass is 17.2. The van der Waals surface area contributed by atoms with Gasteiger partial charge in [0.05, 0.1) is 12.2 Å². The normalized spacial score (nSPS) is 15.7. The minimum atomic E-state index is -0.457. The summed E-state index contributed by atoms with van der Waals surface area (Å²) in [7, 11) is 0. The van der Waals surface area contributed by atoms with Gasteiger partial charge in [-0.3, -0.25) is 4.89 Å². The minimum absolute atomic E-state index is 0.174. The molecule has 0 radical (unpaired) electrons. The van der Waals surface area contributed by atoms with E-state index >= 15 is 0 Å². The molecule has 3 aromatic carbocycles. The van der Waals surface area contributed by atoms with E-state index < -0.39 is 5.97 Å². The van der Waals surface area contributed by atoms with Gasteiger partial charge in [0.1, 0.15) is 0 Å². The summed E-state index contributed by atoms with van der Waals surface area (Å²) in [6.45, 7) is 17.0. The van der Waals surface area contributed by atoms with Crippen LogP contribution >= 0.6 is 0 Å². The van der Waals surface area contributed by atoms with E-state index in [1.807, 2.05) is 18.2 Å². The standard InChI is InChI=1S/C35H45NO3/c1-8-25-21-29(33(37)39-38-20-10-19-36-24(2)3)13-15-30(25)28-12-9-11-26(22-28)27-14-16-31-32(23-27)35(6,7)18-17-34(31,4)5/h9,11-16,21-24,36H,8,10,17-20H2,1-7H3. The van der Waals surface area contributed by atoms with Crippen LogP contribution in [-0.4, -0.2) is 25.2 Å². The molecule has 0 heterocycles. The van der Waals surface area contributed by atoms with Crippen LogP contribution in [0.5, 0.6) is 0 Å². The number of carbonyl (C=O) groups is 1. The van der Waals surface area contributed by atoms with Crippen LogP contribution in [0.2, 0.25) is 0 Å². The monoisotopic (exact) mass is 527 g/mol. The second-order valence-corrected chi connectivity index (χ2v) is 12.5. The molecule has 4 heteroatoms. The predicted molar refractivity (Wildman–Crippen MR) is 161 cm³/mol. The van der Waals surface area contributed by atoms with Gasteiger partial charge in [-0.2, -0.15) is 4.89 Å². The third-order valence-corrected chi connectivity index (χ3v) is 8.17. The summed E-state index contributed by atoms with van der Waals surface area (Å²) in [5, 5.41) is 3.32. The summed E-state index contributed by atoms with van der Waals surface area (Å²) in [4.78, 5) is 22.8. The van der Waals surface area contributed by atoms with E-state index in [-0.39, 0.29) is 10.8 Å². The number of benzene rings is 3. The van der Waals surface area contributed by atoms with Gasteiger partial charge in [-0.05, 0) is 100 Å². The molecular weight excluding hydrogens is 482 g/mol. The number of carbonyl (C=O) groups excluding carboxylic acids is 1. The Hall–Kier alpha value is -2.95. The molecule has 0 unspecified atom stereocenters. The number of hydrogen-bond acceptors (Lipinski definition) is 4. The van der Waals surface area contributed by atoms with Crippen LogP contribution in [-0.2, 0) is 27.0 Å². The number of rotatable bonds is 10. The molecule has 4 rings (SSSR count). The maximum Gasteiger partial charge on any atom is 0.373 e. The van der Waals surface area contributed by atoms with Crippen LogP contribution in [0.15, 0.2) is 60.7 Å². The van der Waals surface area contributed by atoms with Crippen molar-refractivity contribution in [2.75, 3.05) is 13.2 Å². The molecular formula is C35H45NO3. The number of fused-ring (bicyclic) bond motifs is 1. The topological polar surface area (TPSA) is 47.6 Å². The Morgan fingerprint density at radius 3 is 2.28 bits per heavy atom. The molecule has 3 aromatic rings. The quantitative estimate of drug-likeness (QED) is 0.163. The predicted octanol–water partition coefficient (Wildman–Crippen LogP) is 8.41. The Bertz CT molecular complexity index is 1300. The minimum Gasteiger partial charge on any atom is -0.314 e. The molecule has 208 valence electrons. The molecule has 1 N–H and O–H groups in total. The first-order valence-corrected chi connectivity index (χ1v) is 14.5. The maximum absolute atomic E-state index is 12.6. The highest BCUT2D eigenvalue weighted by Crippen LogP contribution is 2.47. The molecule has 4 nitrogen and oxygen atoms in total. The molecule has 0 aliphatic heterocycles. The van der Waals surface area contributed by atoms with E-state index in [0.29, 0.717) is 18.2 Å². The molecule has 0 fully saturated rings. The maximum atomic E-state index is 12.6. The van der Waals surface area contributed by atoms with Gasteiger partial charge in [-0.1, -0.05) is 90.9 Å². The lowest BCUT2D eigenvalue weighted by molar-refractivity contribution is -0.241. The van der Waals surface area contributed by atoms with Gasteiger partial charge in [-0.15, -0.1) is 0 Å². The number of hydrogen-bond donors (Lipinski definition) is 1. The first-order chi connectivity index (χ1) is 18.5. The molecule has 0 spiro atoms. The number of nitrogens with one attached hydrogen (secondary N) is 1. The zero-order valence-electron chi connectivity index (χ0n) is 24.8. The molecule has 1 aliphatic rings. The fourth-order valence-electron chi connectivity index (χ4n) is 5.59. The molecule has 0 saturated heterocycles. The summed E-state index contributed by atoms with van der Waals surface area (Å²) in [6.07, 6.45) is 4.00. The average molecular weight is 528 g/mol. The van der Waals surface area contributed by atoms with Gasteiger partial charge in [0, 0.05) is 6.04 Å². The molecule has 39 heavy (non-hydrogen) atoms. The van der Waals surface area contributed by atoms with Crippen molar-refractivity contribution in [2.24, 2.45) is 0 Å². The summed E-state index contributed by atoms with van der Waals surface area (Å²) >= 11 is 0. The van der Waals surface area contributed by atoms with E-state index in [1.165, 1.54) is 35.1 Å². The van der Waals surface area contributed by atoms with E-state index in [1.54, 1.807) is 0 Å². The summed E-state index contributed by atoms with van der Waals surface area (Å²) < 4.78 is 0. The highest BCUT2D eigenvalue weighted by Gasteiger charge is 2.37. The van der Waals surface area contributed by atoms with Crippen molar-refractivity contribution in [1.82, 2.24) is 5.32 Å². The van der Waals surface area contributed by atoms with Crippen LogP contribution in [0.4, 0.5) is 0 Å². The van der Waals surface area contributed by atoms with Crippen LogP contribution in [0.1, 0.15) is 94.8 Å². The average Bonchev–Trinajstić information content (AvgIpc) is 2.92. The van der Waals surface area contributed by atoms with Crippen molar-refractivity contribution in [3.8, 4) is 22.3 Å². The molecule has 0 atom stereocenters. The lowest BCUT2D eigenvalue weighted by Crippen LogP contribution is -2.33. The van der Waals surface area contributed by atoms with Crippen molar-refractivity contribution < 1.29 is 14.6 Å². The van der Waals surface area contributed by atoms with Gasteiger partial charge in [-0.25, -0.2) is 4.79 Å². The van der Waals surface area contributed by atoms with Gasteiger partial charge in [0.2, 0.25) is 0 Å². The van der Waals surface area contributed by atoms with E-state index in [4.69, 9.17) is 9.78 Å². The van der Waals surface area contributed by atoms with Crippen LogP contribution in [0.25, 0.3) is 22.3 Å². The van der Waals surface area contributed by atoms with Crippen molar-refractivity contribution in [3.63, 3.8) is 0 Å². The van der Waals surface area contributed by atoms with Crippen LogP contribution in [0.3, 0.4) is 0 Å². The molecule has 0 amide bonds. The molecule has 0 bridgehead atoms. The fraction of sp³-hybridized carbons (Fsp3) is 0.457. The molecule has 1 aliphatic carbocycles. The van der Waals surface area contributed by atoms with Crippen LogP contribution < -0.4 is 5.32 Å². The van der Waals surface area contributed by atoms with Gasteiger partial charge in [0.25, 0.3) is 0 Å². The molecule has 0 aromatic heterocycles. The third kappa shape index (κ3) is 6.80. The van der Waals surface area contributed by atoms with Crippen LogP contribution in [0, 0.1) is 0 Å². The number of aryl methyl sites for hydroxylation is 1. The lowest BCUT2D eigenvalue weighted by Gasteiger charge is -2.42. The van der Waals surface area contributed by atoms with Gasteiger partial charge in [0.15, 0.2) is 0 Å². The Labute approximate surface area is 235 Å². The lowest BCUT2D eigenvalue weighted by atomic mass is 9.63. The Balaban J connectivity index is 1.53. The van der Waals surface area contributed by atoms with Crippen molar-refractivity contribution in [1.29, 1.82) is 0 Å². The molecule has 0 saturated carbocycles. The van der Waals surface area contributed by atoms with Crippen molar-refractivity contribution in [2.45, 2.75) is 91.0 Å². The first-order valence-electron chi connectivity index (χ1n) is 14.5. The SMILES string of the molecule is CCc1cc(C(=O)OOCCCNC(C)C)ccc1-c1cccc(-c2ccc3c(c2)C(C)(C)CCC3(C)C)c1. The van der Waals surface area contributed by atoms with Gasteiger partial charge >= 0.3 is 5.97 Å². The smallest absolute Gasteiger partial charge is 0.314 e. The zero-order valence-corrected chi connectivity index (χ0v) is 24.8. The Kier molecular flexibility index (Phi) is 8.98. The third-order valence-electron chi connectivity index (χ3n) is 8.17. The van der Waals surface area contributed by atoms with E-state index in [0.717, 1.165) is 36.1 Å². The Morgan fingerprint density at radius 2 is 1.56 bits per heavy atom. The van der Waals surface area contributed by atoms with Crippen molar-refractivity contribution in [3.05, 3.63) is 82.9 Å². The summed E-state index contributed by atoms with van der Waals surface area (Å²) in [6, 6.07) is 22.0. The van der Waals surface area contributed by atoms with Gasteiger partial charge < -0.3 is 5.32 Å². The zero-order chi connectivity index (χ0) is 28.2.